The van der Waals surface area contributed by atoms with Crippen molar-refractivity contribution in [3.05, 3.63) is 42.1 Å². The lowest BCUT2D eigenvalue weighted by atomic mass is 10.1. The fourth-order valence-corrected chi connectivity index (χ4v) is 2.62. The number of nitrogens with zero attached hydrogens (tertiary/aromatic N) is 2. The highest BCUT2D eigenvalue weighted by molar-refractivity contribution is 7.80. The Hall–Kier alpha value is -2.80. The van der Waals surface area contributed by atoms with Crippen LogP contribution in [0.2, 0.25) is 0 Å². The Balaban J connectivity index is 1.76. The third-order valence-corrected chi connectivity index (χ3v) is 3.82. The minimum Gasteiger partial charge on any atom is -0.434 e. The fourth-order valence-electron chi connectivity index (χ4n) is 2.40. The van der Waals surface area contributed by atoms with Gasteiger partial charge >= 0.3 is 0 Å². The zero-order valence-electron chi connectivity index (χ0n) is 14.0. The van der Waals surface area contributed by atoms with Crippen LogP contribution in [0.1, 0.15) is 25.3 Å². The zero-order valence-corrected chi connectivity index (χ0v) is 14.8. The number of hydrogen-bond donors (Lipinski definition) is 2. The molecule has 0 saturated heterocycles. The summed E-state index contributed by atoms with van der Waals surface area (Å²) in [5, 5.41) is 6.00. The number of rotatable bonds is 4. The number of amides is 1. The molecule has 2 heterocycles. The number of carbonyl (C=O) groups excluding carboxylic acids is 1. The molecule has 2 N–H and O–H groups in total. The standard InChI is InChI=1S/C18H18N4O2S/c1-3-5-15(23)21-18(25)20-13-8-7-12(10-11(13)2)17-22-16-14(24-17)6-4-9-19-16/h4,6-10H,3,5H2,1-2H3,(H2,20,21,23,25). The summed E-state index contributed by atoms with van der Waals surface area (Å²) < 4.78 is 5.73. The average Bonchev–Trinajstić information content (AvgIpc) is 3.01. The van der Waals surface area contributed by atoms with Crippen molar-refractivity contribution in [2.75, 3.05) is 5.32 Å². The molecule has 0 aliphatic heterocycles. The molecule has 3 aromatic rings. The number of anilines is 1. The first-order valence-corrected chi connectivity index (χ1v) is 8.41. The lowest BCUT2D eigenvalue weighted by Crippen LogP contribution is -2.34. The molecule has 0 fully saturated rings. The van der Waals surface area contributed by atoms with Crippen molar-refractivity contribution in [3.8, 4) is 11.5 Å². The number of oxazole rings is 1. The molecule has 25 heavy (non-hydrogen) atoms. The van der Waals surface area contributed by atoms with Gasteiger partial charge in [0.25, 0.3) is 0 Å². The third-order valence-electron chi connectivity index (χ3n) is 3.62. The smallest absolute Gasteiger partial charge is 0.228 e. The molecule has 1 aromatic carbocycles. The first-order valence-electron chi connectivity index (χ1n) is 8.00. The topological polar surface area (TPSA) is 80.0 Å². The molecule has 6 nitrogen and oxygen atoms in total. The SMILES string of the molecule is CCCC(=O)NC(=S)Nc1ccc(-c2nc3ncccc3o2)cc1C. The zero-order chi connectivity index (χ0) is 17.8. The second kappa shape index (κ2) is 7.40. The molecule has 0 atom stereocenters. The predicted molar refractivity (Wildman–Crippen MR) is 101 cm³/mol. The van der Waals surface area contributed by atoms with Crippen LogP contribution in [0.25, 0.3) is 22.7 Å². The predicted octanol–water partition coefficient (Wildman–Crippen LogP) is 3.81. The van der Waals surface area contributed by atoms with Gasteiger partial charge < -0.3 is 15.1 Å². The Bertz CT molecular complexity index is 903. The minimum absolute atomic E-state index is 0.0896. The maximum atomic E-state index is 11.6. The first-order chi connectivity index (χ1) is 12.1. The number of aryl methyl sites for hydroxylation is 1. The monoisotopic (exact) mass is 354 g/mol. The molecule has 1 amide bonds. The summed E-state index contributed by atoms with van der Waals surface area (Å²) in [6, 6.07) is 9.35. The quantitative estimate of drug-likeness (QED) is 0.694. The number of hydrogen-bond acceptors (Lipinski definition) is 5. The van der Waals surface area contributed by atoms with Crippen molar-refractivity contribution >= 4 is 40.2 Å². The van der Waals surface area contributed by atoms with Gasteiger partial charge in [-0.25, -0.2) is 4.98 Å². The second-order valence-corrected chi connectivity index (χ2v) is 6.03. The van der Waals surface area contributed by atoms with Crippen LogP contribution < -0.4 is 10.6 Å². The van der Waals surface area contributed by atoms with Gasteiger partial charge in [-0.05, 0) is 61.5 Å². The Kier molecular flexibility index (Phi) is 5.04. The van der Waals surface area contributed by atoms with Crippen molar-refractivity contribution in [2.45, 2.75) is 26.7 Å². The van der Waals surface area contributed by atoms with Gasteiger partial charge in [0.2, 0.25) is 11.8 Å². The van der Waals surface area contributed by atoms with Gasteiger partial charge in [-0.15, -0.1) is 0 Å². The molecule has 3 rings (SSSR count). The minimum atomic E-state index is -0.0896. The van der Waals surface area contributed by atoms with E-state index in [2.05, 4.69) is 20.6 Å². The van der Waals surface area contributed by atoms with Gasteiger partial charge in [-0.1, -0.05) is 6.92 Å². The van der Waals surface area contributed by atoms with Crippen LogP contribution in [0.4, 0.5) is 5.69 Å². The third kappa shape index (κ3) is 4.00. The highest BCUT2D eigenvalue weighted by Gasteiger charge is 2.11. The lowest BCUT2D eigenvalue weighted by molar-refractivity contribution is -0.119. The number of aromatic nitrogens is 2. The average molecular weight is 354 g/mol. The van der Waals surface area contributed by atoms with Crippen molar-refractivity contribution in [3.63, 3.8) is 0 Å². The molecule has 0 unspecified atom stereocenters. The summed E-state index contributed by atoms with van der Waals surface area (Å²) in [7, 11) is 0. The van der Waals surface area contributed by atoms with E-state index in [9.17, 15) is 4.79 Å². The van der Waals surface area contributed by atoms with E-state index in [-0.39, 0.29) is 5.91 Å². The van der Waals surface area contributed by atoms with Crippen LogP contribution in [0.3, 0.4) is 0 Å². The summed E-state index contributed by atoms with van der Waals surface area (Å²) in [5.74, 6) is 0.426. The molecular formula is C18H18N4O2S. The first kappa shape index (κ1) is 17.0. The van der Waals surface area contributed by atoms with Crippen LogP contribution in [-0.2, 0) is 4.79 Å². The van der Waals surface area contributed by atoms with Gasteiger partial charge in [0.05, 0.1) is 0 Å². The highest BCUT2D eigenvalue weighted by Crippen LogP contribution is 2.26. The normalized spacial score (nSPS) is 10.6. The van der Waals surface area contributed by atoms with E-state index in [0.717, 1.165) is 23.2 Å². The number of benzene rings is 1. The number of nitrogens with one attached hydrogen (secondary N) is 2. The van der Waals surface area contributed by atoms with Crippen LogP contribution in [-0.4, -0.2) is 21.0 Å². The Labute approximate surface area is 150 Å². The molecule has 0 spiro atoms. The molecule has 0 saturated carbocycles. The van der Waals surface area contributed by atoms with Crippen molar-refractivity contribution < 1.29 is 9.21 Å². The Morgan fingerprint density at radius 1 is 1.32 bits per heavy atom. The Morgan fingerprint density at radius 3 is 2.88 bits per heavy atom. The van der Waals surface area contributed by atoms with Gasteiger partial charge in [0, 0.05) is 23.9 Å². The second-order valence-electron chi connectivity index (χ2n) is 5.63. The van der Waals surface area contributed by atoms with Gasteiger partial charge in [-0.3, -0.25) is 4.79 Å². The summed E-state index contributed by atoms with van der Waals surface area (Å²) in [6.45, 7) is 3.89. The van der Waals surface area contributed by atoms with Crippen molar-refractivity contribution in [1.82, 2.24) is 15.3 Å². The molecule has 2 aromatic heterocycles. The van der Waals surface area contributed by atoms with Gasteiger partial charge in [-0.2, -0.15) is 4.98 Å². The summed E-state index contributed by atoms with van der Waals surface area (Å²) in [5.41, 5.74) is 3.86. The highest BCUT2D eigenvalue weighted by atomic mass is 32.1. The molecule has 0 bridgehead atoms. The van der Waals surface area contributed by atoms with Crippen molar-refractivity contribution in [1.29, 1.82) is 0 Å². The van der Waals surface area contributed by atoms with Crippen LogP contribution in [0, 0.1) is 6.92 Å². The fraction of sp³-hybridized carbons (Fsp3) is 0.222. The van der Waals surface area contributed by atoms with E-state index in [1.54, 1.807) is 6.20 Å². The van der Waals surface area contributed by atoms with Crippen molar-refractivity contribution in [2.24, 2.45) is 0 Å². The van der Waals surface area contributed by atoms with Crippen LogP contribution in [0.5, 0.6) is 0 Å². The van der Waals surface area contributed by atoms with E-state index in [1.807, 2.05) is 44.2 Å². The number of fused-ring (bicyclic) bond motifs is 1. The molecular weight excluding hydrogens is 336 g/mol. The van der Waals surface area contributed by atoms with E-state index in [4.69, 9.17) is 16.6 Å². The largest absolute Gasteiger partial charge is 0.434 e. The number of thiocarbonyl (C=S) groups is 1. The number of carbonyl (C=O) groups is 1. The Morgan fingerprint density at radius 2 is 2.16 bits per heavy atom. The van der Waals surface area contributed by atoms with E-state index < -0.39 is 0 Å². The molecule has 0 radical (unpaired) electrons. The number of pyridine rings is 1. The lowest BCUT2D eigenvalue weighted by Gasteiger charge is -2.12. The van der Waals surface area contributed by atoms with Crippen LogP contribution in [0.15, 0.2) is 40.9 Å². The molecule has 7 heteroatoms. The molecule has 128 valence electrons. The van der Waals surface area contributed by atoms with E-state index >= 15 is 0 Å². The molecule has 0 aliphatic rings. The van der Waals surface area contributed by atoms with E-state index in [1.165, 1.54) is 0 Å². The summed E-state index contributed by atoms with van der Waals surface area (Å²) in [6.07, 6.45) is 2.91. The van der Waals surface area contributed by atoms with Gasteiger partial charge in [0.15, 0.2) is 16.3 Å². The molecule has 0 aliphatic carbocycles. The maximum absolute atomic E-state index is 11.6. The maximum Gasteiger partial charge on any atom is 0.228 e. The van der Waals surface area contributed by atoms with Gasteiger partial charge in [0.1, 0.15) is 0 Å². The summed E-state index contributed by atoms with van der Waals surface area (Å²) in [4.78, 5) is 20.2. The van der Waals surface area contributed by atoms with Crippen LogP contribution >= 0.6 is 12.2 Å². The summed E-state index contributed by atoms with van der Waals surface area (Å²) >= 11 is 5.17. The van der Waals surface area contributed by atoms with E-state index in [0.29, 0.717) is 28.7 Å².